The Morgan fingerprint density at radius 2 is 2.29 bits per heavy atom. The third kappa shape index (κ3) is 4.91. The molecule has 1 unspecified atom stereocenters. The molecule has 1 amide bonds. The third-order valence-electron chi connectivity index (χ3n) is 3.06. The number of carbonyl (C=O) groups excluding carboxylic acids is 1. The monoisotopic (exact) mass is 367 g/mol. The molecule has 6 heteroatoms. The van der Waals surface area contributed by atoms with Gasteiger partial charge in [0, 0.05) is 28.0 Å². The van der Waals surface area contributed by atoms with Crippen LogP contribution in [0.4, 0.5) is 0 Å². The molecule has 0 spiro atoms. The van der Waals surface area contributed by atoms with Crippen LogP contribution in [0.3, 0.4) is 0 Å². The summed E-state index contributed by atoms with van der Waals surface area (Å²) in [7, 11) is 1.88. The van der Waals surface area contributed by atoms with Gasteiger partial charge in [-0.2, -0.15) is 0 Å². The van der Waals surface area contributed by atoms with E-state index in [-0.39, 0.29) is 11.9 Å². The lowest BCUT2D eigenvalue weighted by molar-refractivity contribution is -0.120. The van der Waals surface area contributed by atoms with Crippen molar-refractivity contribution in [2.45, 2.75) is 19.4 Å². The molecule has 0 aliphatic heterocycles. The maximum atomic E-state index is 11.9. The van der Waals surface area contributed by atoms with Crippen LogP contribution in [0.5, 0.6) is 0 Å². The Hall–Kier alpha value is -1.24. The SMILES string of the molecule is CNC(C)CNC(=O)Cc1csc(-c2cccc(Br)c2)n1. The van der Waals surface area contributed by atoms with Gasteiger partial charge in [0.25, 0.3) is 0 Å². The number of hydrogen-bond donors (Lipinski definition) is 2. The average Bonchev–Trinajstić information content (AvgIpc) is 2.93. The summed E-state index contributed by atoms with van der Waals surface area (Å²) in [5, 5.41) is 8.85. The zero-order valence-electron chi connectivity index (χ0n) is 12.0. The molecule has 4 nitrogen and oxygen atoms in total. The van der Waals surface area contributed by atoms with Gasteiger partial charge in [-0.3, -0.25) is 4.79 Å². The second kappa shape index (κ2) is 7.68. The van der Waals surface area contributed by atoms with E-state index in [0.717, 1.165) is 20.7 Å². The van der Waals surface area contributed by atoms with Crippen LogP contribution >= 0.6 is 27.3 Å². The number of carbonyl (C=O) groups is 1. The summed E-state index contributed by atoms with van der Waals surface area (Å²) >= 11 is 5.01. The highest BCUT2D eigenvalue weighted by Gasteiger charge is 2.10. The number of thiazole rings is 1. The second-order valence-electron chi connectivity index (χ2n) is 4.82. The summed E-state index contributed by atoms with van der Waals surface area (Å²) in [5.41, 5.74) is 1.87. The standard InChI is InChI=1S/C15H18BrN3OS/c1-10(17-2)8-18-14(20)7-13-9-21-15(19-13)11-4-3-5-12(16)6-11/h3-6,9-10,17H,7-8H2,1-2H3,(H,18,20). The fourth-order valence-electron chi connectivity index (χ4n) is 1.74. The number of rotatable bonds is 6. The Labute approximate surface area is 137 Å². The first-order valence-electron chi connectivity index (χ1n) is 6.73. The van der Waals surface area contributed by atoms with E-state index in [2.05, 4.69) is 31.5 Å². The summed E-state index contributed by atoms with van der Waals surface area (Å²) in [6.07, 6.45) is 0.320. The van der Waals surface area contributed by atoms with E-state index in [4.69, 9.17) is 0 Å². The Bertz CT molecular complexity index is 614. The van der Waals surface area contributed by atoms with Crippen LogP contribution < -0.4 is 10.6 Å². The van der Waals surface area contributed by atoms with Crippen molar-refractivity contribution in [3.63, 3.8) is 0 Å². The molecule has 1 aromatic carbocycles. The van der Waals surface area contributed by atoms with E-state index in [1.807, 2.05) is 43.6 Å². The normalized spacial score (nSPS) is 12.1. The Balaban J connectivity index is 1.96. The highest BCUT2D eigenvalue weighted by Crippen LogP contribution is 2.26. The summed E-state index contributed by atoms with van der Waals surface area (Å²) in [6.45, 7) is 2.65. The molecule has 2 aromatic rings. The minimum Gasteiger partial charge on any atom is -0.354 e. The molecular weight excluding hydrogens is 350 g/mol. The molecule has 1 atom stereocenters. The van der Waals surface area contributed by atoms with Gasteiger partial charge in [0.15, 0.2) is 0 Å². The quantitative estimate of drug-likeness (QED) is 0.825. The van der Waals surface area contributed by atoms with Gasteiger partial charge < -0.3 is 10.6 Å². The van der Waals surface area contributed by atoms with Crippen LogP contribution in [0.15, 0.2) is 34.1 Å². The summed E-state index contributed by atoms with van der Waals surface area (Å²) in [4.78, 5) is 16.4. The molecule has 0 aliphatic rings. The van der Waals surface area contributed by atoms with Crippen molar-refractivity contribution in [1.82, 2.24) is 15.6 Å². The molecule has 0 aliphatic carbocycles. The fraction of sp³-hybridized carbons (Fsp3) is 0.333. The number of benzene rings is 1. The molecule has 1 aromatic heterocycles. The lowest BCUT2D eigenvalue weighted by Gasteiger charge is -2.10. The van der Waals surface area contributed by atoms with Crippen LogP contribution in [0, 0.1) is 0 Å². The van der Waals surface area contributed by atoms with E-state index < -0.39 is 0 Å². The maximum Gasteiger partial charge on any atom is 0.226 e. The van der Waals surface area contributed by atoms with Crippen molar-refractivity contribution >= 4 is 33.2 Å². The van der Waals surface area contributed by atoms with Crippen LogP contribution in [-0.2, 0) is 11.2 Å². The van der Waals surface area contributed by atoms with E-state index in [9.17, 15) is 4.79 Å². The van der Waals surface area contributed by atoms with Crippen LogP contribution in [0.25, 0.3) is 10.6 Å². The third-order valence-corrected chi connectivity index (χ3v) is 4.50. The first-order valence-corrected chi connectivity index (χ1v) is 8.40. The average molecular weight is 368 g/mol. The van der Waals surface area contributed by atoms with E-state index in [1.54, 1.807) is 11.3 Å². The number of nitrogens with zero attached hydrogens (tertiary/aromatic N) is 1. The zero-order chi connectivity index (χ0) is 15.2. The van der Waals surface area contributed by atoms with Crippen molar-refractivity contribution in [2.24, 2.45) is 0 Å². The van der Waals surface area contributed by atoms with Gasteiger partial charge in [-0.05, 0) is 26.1 Å². The maximum absolute atomic E-state index is 11.9. The van der Waals surface area contributed by atoms with Crippen LogP contribution in [-0.4, -0.2) is 30.5 Å². The van der Waals surface area contributed by atoms with Gasteiger partial charge in [0.2, 0.25) is 5.91 Å². The summed E-state index contributed by atoms with van der Waals surface area (Å²) in [5.74, 6) is 0.00296. The van der Waals surface area contributed by atoms with Crippen molar-refractivity contribution in [2.75, 3.05) is 13.6 Å². The molecule has 2 rings (SSSR count). The highest BCUT2D eigenvalue weighted by atomic mass is 79.9. The molecule has 0 saturated carbocycles. The molecule has 112 valence electrons. The molecule has 0 bridgehead atoms. The van der Waals surface area contributed by atoms with Gasteiger partial charge in [-0.1, -0.05) is 28.1 Å². The number of hydrogen-bond acceptors (Lipinski definition) is 4. The molecule has 0 radical (unpaired) electrons. The molecular formula is C15H18BrN3OS. The highest BCUT2D eigenvalue weighted by molar-refractivity contribution is 9.10. The van der Waals surface area contributed by atoms with E-state index in [0.29, 0.717) is 13.0 Å². The van der Waals surface area contributed by atoms with Crippen molar-refractivity contribution in [3.8, 4) is 10.6 Å². The molecule has 2 N–H and O–H groups in total. The van der Waals surface area contributed by atoms with E-state index >= 15 is 0 Å². The van der Waals surface area contributed by atoms with Crippen LogP contribution in [0.1, 0.15) is 12.6 Å². The van der Waals surface area contributed by atoms with Gasteiger partial charge in [0.05, 0.1) is 12.1 Å². The summed E-state index contributed by atoms with van der Waals surface area (Å²) < 4.78 is 1.02. The Morgan fingerprint density at radius 1 is 1.48 bits per heavy atom. The van der Waals surface area contributed by atoms with Gasteiger partial charge >= 0.3 is 0 Å². The number of halogens is 1. The number of nitrogens with one attached hydrogen (secondary N) is 2. The molecule has 21 heavy (non-hydrogen) atoms. The predicted octanol–water partition coefficient (Wildman–Crippen LogP) is 2.84. The lowest BCUT2D eigenvalue weighted by atomic mass is 10.2. The second-order valence-corrected chi connectivity index (χ2v) is 6.60. The fourth-order valence-corrected chi connectivity index (χ4v) is 2.95. The van der Waals surface area contributed by atoms with Gasteiger partial charge in [-0.25, -0.2) is 4.98 Å². The smallest absolute Gasteiger partial charge is 0.226 e. The number of aromatic nitrogens is 1. The number of likely N-dealkylation sites (N-methyl/N-ethyl adjacent to an activating group) is 1. The minimum atomic E-state index is 0.00296. The minimum absolute atomic E-state index is 0.00296. The first-order chi connectivity index (χ1) is 10.1. The van der Waals surface area contributed by atoms with Gasteiger partial charge in [-0.15, -0.1) is 11.3 Å². The van der Waals surface area contributed by atoms with Crippen LogP contribution in [0.2, 0.25) is 0 Å². The van der Waals surface area contributed by atoms with Gasteiger partial charge in [0.1, 0.15) is 5.01 Å². The van der Waals surface area contributed by atoms with E-state index in [1.165, 1.54) is 0 Å². The first kappa shape index (κ1) is 16.1. The topological polar surface area (TPSA) is 54.0 Å². The largest absolute Gasteiger partial charge is 0.354 e. The lowest BCUT2D eigenvalue weighted by Crippen LogP contribution is -2.37. The zero-order valence-corrected chi connectivity index (χ0v) is 14.4. The predicted molar refractivity (Wildman–Crippen MR) is 90.5 cm³/mol. The molecule has 0 saturated heterocycles. The molecule has 0 fully saturated rings. The Morgan fingerprint density at radius 3 is 3.00 bits per heavy atom. The van der Waals surface area contributed by atoms with Crippen molar-refractivity contribution in [3.05, 3.63) is 39.8 Å². The van der Waals surface area contributed by atoms with Crippen molar-refractivity contribution in [1.29, 1.82) is 0 Å². The Kier molecular flexibility index (Phi) is 5.90. The molecule has 1 heterocycles. The number of amides is 1. The summed E-state index contributed by atoms with van der Waals surface area (Å²) in [6, 6.07) is 8.27. The van der Waals surface area contributed by atoms with Crippen molar-refractivity contribution < 1.29 is 4.79 Å².